The second-order valence-corrected chi connectivity index (χ2v) is 5.39. The first-order valence-corrected chi connectivity index (χ1v) is 7.01. The molecule has 5 heteroatoms. The Kier molecular flexibility index (Phi) is 4.16. The molecule has 19 heavy (non-hydrogen) atoms. The average molecular weight is 276 g/mol. The highest BCUT2D eigenvalue weighted by molar-refractivity contribution is 7.07. The minimum Gasteiger partial charge on any atom is -0.478 e. The molecule has 2 aromatic rings. The van der Waals surface area contributed by atoms with Crippen LogP contribution in [0.5, 0.6) is 0 Å². The molecule has 2 rings (SSSR count). The molecule has 0 atom stereocenters. The van der Waals surface area contributed by atoms with E-state index in [1.165, 1.54) is 5.56 Å². The SMILES string of the molecule is CC(C)c1cc(C(=O)O)cc(NCc2ccsc2)n1. The molecule has 0 saturated heterocycles. The van der Waals surface area contributed by atoms with Crippen LogP contribution in [-0.2, 0) is 6.54 Å². The second-order valence-electron chi connectivity index (χ2n) is 4.61. The molecule has 0 bridgehead atoms. The van der Waals surface area contributed by atoms with Crippen molar-refractivity contribution in [2.75, 3.05) is 5.32 Å². The van der Waals surface area contributed by atoms with Crippen LogP contribution in [0.2, 0.25) is 0 Å². The van der Waals surface area contributed by atoms with E-state index in [-0.39, 0.29) is 11.5 Å². The molecular formula is C14H16N2O2S. The highest BCUT2D eigenvalue weighted by atomic mass is 32.1. The van der Waals surface area contributed by atoms with Crippen LogP contribution in [0.4, 0.5) is 5.82 Å². The number of nitrogens with zero attached hydrogens (tertiary/aromatic N) is 1. The molecule has 2 heterocycles. The fourth-order valence-electron chi connectivity index (χ4n) is 1.65. The van der Waals surface area contributed by atoms with E-state index in [1.807, 2.05) is 25.3 Å². The Morgan fingerprint density at radius 2 is 2.26 bits per heavy atom. The molecule has 4 nitrogen and oxygen atoms in total. The van der Waals surface area contributed by atoms with E-state index in [0.29, 0.717) is 12.4 Å². The molecular weight excluding hydrogens is 260 g/mol. The monoisotopic (exact) mass is 276 g/mol. The third-order valence-corrected chi connectivity index (χ3v) is 3.47. The molecule has 2 N–H and O–H groups in total. The van der Waals surface area contributed by atoms with Crippen molar-refractivity contribution in [3.8, 4) is 0 Å². The van der Waals surface area contributed by atoms with Gasteiger partial charge in [-0.25, -0.2) is 9.78 Å². The van der Waals surface area contributed by atoms with Crippen molar-refractivity contribution >= 4 is 23.1 Å². The highest BCUT2D eigenvalue weighted by Crippen LogP contribution is 2.18. The van der Waals surface area contributed by atoms with Gasteiger partial charge in [0.2, 0.25) is 0 Å². The first kappa shape index (κ1) is 13.5. The number of hydrogen-bond acceptors (Lipinski definition) is 4. The van der Waals surface area contributed by atoms with Crippen molar-refractivity contribution in [2.24, 2.45) is 0 Å². The van der Waals surface area contributed by atoms with Crippen LogP contribution in [0, 0.1) is 0 Å². The lowest BCUT2D eigenvalue weighted by atomic mass is 10.1. The number of thiophene rings is 1. The molecule has 0 amide bonds. The summed E-state index contributed by atoms with van der Waals surface area (Å²) in [5, 5.41) is 16.3. The minimum atomic E-state index is -0.928. The van der Waals surface area contributed by atoms with Crippen molar-refractivity contribution < 1.29 is 9.90 Å². The zero-order chi connectivity index (χ0) is 13.8. The van der Waals surface area contributed by atoms with Gasteiger partial charge in [-0.3, -0.25) is 0 Å². The summed E-state index contributed by atoms with van der Waals surface area (Å²) >= 11 is 1.64. The molecule has 0 spiro atoms. The molecule has 0 aliphatic carbocycles. The van der Waals surface area contributed by atoms with Gasteiger partial charge in [-0.2, -0.15) is 11.3 Å². The van der Waals surface area contributed by atoms with E-state index >= 15 is 0 Å². The number of anilines is 1. The number of hydrogen-bond donors (Lipinski definition) is 2. The Balaban J connectivity index is 2.21. The summed E-state index contributed by atoms with van der Waals surface area (Å²) in [7, 11) is 0. The lowest BCUT2D eigenvalue weighted by molar-refractivity contribution is 0.0696. The number of nitrogens with one attached hydrogen (secondary N) is 1. The van der Waals surface area contributed by atoms with Gasteiger partial charge in [-0.05, 0) is 40.4 Å². The molecule has 2 aromatic heterocycles. The standard InChI is InChI=1S/C14H16N2O2S/c1-9(2)12-5-11(14(17)18)6-13(16-12)15-7-10-3-4-19-8-10/h3-6,8-9H,7H2,1-2H3,(H,15,16)(H,17,18). The summed E-state index contributed by atoms with van der Waals surface area (Å²) in [6.45, 7) is 4.64. The molecule has 0 fully saturated rings. The predicted octanol–water partition coefficient (Wildman–Crippen LogP) is 3.58. The molecule has 0 aliphatic rings. The van der Waals surface area contributed by atoms with E-state index in [1.54, 1.807) is 23.5 Å². The Hall–Kier alpha value is -1.88. The van der Waals surface area contributed by atoms with Gasteiger partial charge in [0.1, 0.15) is 5.82 Å². The molecule has 0 aromatic carbocycles. The van der Waals surface area contributed by atoms with Crippen molar-refractivity contribution in [2.45, 2.75) is 26.3 Å². The summed E-state index contributed by atoms with van der Waals surface area (Å²) in [6.07, 6.45) is 0. The van der Waals surface area contributed by atoms with Crippen LogP contribution in [0.15, 0.2) is 29.0 Å². The van der Waals surface area contributed by atoms with Gasteiger partial charge in [0, 0.05) is 12.2 Å². The number of carboxylic acids is 1. The summed E-state index contributed by atoms with van der Waals surface area (Å²) in [5.74, 6) is -0.126. The predicted molar refractivity (Wildman–Crippen MR) is 76.9 cm³/mol. The normalized spacial score (nSPS) is 10.7. The van der Waals surface area contributed by atoms with Crippen LogP contribution in [0.3, 0.4) is 0 Å². The first-order chi connectivity index (χ1) is 9.06. The average Bonchev–Trinajstić information content (AvgIpc) is 2.89. The Bertz CT molecular complexity index is 565. The fraction of sp³-hybridized carbons (Fsp3) is 0.286. The van der Waals surface area contributed by atoms with E-state index in [2.05, 4.69) is 15.7 Å². The molecule has 0 unspecified atom stereocenters. The van der Waals surface area contributed by atoms with Crippen LogP contribution in [-0.4, -0.2) is 16.1 Å². The van der Waals surface area contributed by atoms with Crippen LogP contribution in [0.25, 0.3) is 0 Å². The summed E-state index contributed by atoms with van der Waals surface area (Å²) in [4.78, 5) is 15.6. The molecule has 0 radical (unpaired) electrons. The zero-order valence-corrected chi connectivity index (χ0v) is 11.7. The minimum absolute atomic E-state index is 0.195. The smallest absolute Gasteiger partial charge is 0.335 e. The van der Waals surface area contributed by atoms with E-state index in [0.717, 1.165) is 5.69 Å². The van der Waals surface area contributed by atoms with Crippen molar-refractivity contribution in [1.82, 2.24) is 4.98 Å². The lowest BCUT2D eigenvalue weighted by Crippen LogP contribution is -2.07. The topological polar surface area (TPSA) is 62.2 Å². The third-order valence-electron chi connectivity index (χ3n) is 2.74. The summed E-state index contributed by atoms with van der Waals surface area (Å²) in [5.41, 5.74) is 2.22. The van der Waals surface area contributed by atoms with Crippen molar-refractivity contribution in [3.63, 3.8) is 0 Å². The quantitative estimate of drug-likeness (QED) is 0.876. The third kappa shape index (κ3) is 3.54. The molecule has 0 saturated carbocycles. The van der Waals surface area contributed by atoms with E-state index in [4.69, 9.17) is 5.11 Å². The van der Waals surface area contributed by atoms with Crippen LogP contribution in [0.1, 0.15) is 41.4 Å². The van der Waals surface area contributed by atoms with Gasteiger partial charge in [0.15, 0.2) is 0 Å². The maximum Gasteiger partial charge on any atom is 0.335 e. The number of carbonyl (C=O) groups is 1. The lowest BCUT2D eigenvalue weighted by Gasteiger charge is -2.10. The van der Waals surface area contributed by atoms with Gasteiger partial charge in [-0.15, -0.1) is 0 Å². The maximum atomic E-state index is 11.1. The van der Waals surface area contributed by atoms with Crippen LogP contribution < -0.4 is 5.32 Å². The van der Waals surface area contributed by atoms with E-state index < -0.39 is 5.97 Å². The second kappa shape index (κ2) is 5.84. The van der Waals surface area contributed by atoms with Gasteiger partial charge in [0.05, 0.1) is 5.56 Å². The van der Waals surface area contributed by atoms with Gasteiger partial charge < -0.3 is 10.4 Å². The largest absolute Gasteiger partial charge is 0.478 e. The fourth-order valence-corrected chi connectivity index (χ4v) is 2.32. The van der Waals surface area contributed by atoms with Crippen molar-refractivity contribution in [3.05, 3.63) is 45.8 Å². The Morgan fingerprint density at radius 1 is 1.47 bits per heavy atom. The molecule has 100 valence electrons. The van der Waals surface area contributed by atoms with Gasteiger partial charge in [0.25, 0.3) is 0 Å². The first-order valence-electron chi connectivity index (χ1n) is 6.06. The number of pyridine rings is 1. The Labute approximate surface area is 116 Å². The Morgan fingerprint density at radius 3 is 2.84 bits per heavy atom. The van der Waals surface area contributed by atoms with Gasteiger partial charge in [-0.1, -0.05) is 13.8 Å². The van der Waals surface area contributed by atoms with Gasteiger partial charge >= 0.3 is 5.97 Å². The molecule has 0 aliphatic heterocycles. The number of aromatic nitrogens is 1. The van der Waals surface area contributed by atoms with E-state index in [9.17, 15) is 4.79 Å². The zero-order valence-electron chi connectivity index (χ0n) is 10.9. The number of carboxylic acid groups (broad SMARTS) is 1. The summed E-state index contributed by atoms with van der Waals surface area (Å²) in [6, 6.07) is 5.23. The summed E-state index contributed by atoms with van der Waals surface area (Å²) < 4.78 is 0. The number of aromatic carboxylic acids is 1. The number of rotatable bonds is 5. The maximum absolute atomic E-state index is 11.1. The van der Waals surface area contributed by atoms with Crippen LogP contribution >= 0.6 is 11.3 Å². The van der Waals surface area contributed by atoms with Crippen molar-refractivity contribution in [1.29, 1.82) is 0 Å². The highest BCUT2D eigenvalue weighted by Gasteiger charge is 2.10.